The molecular weight excluding hydrogens is 525 g/mol. The van der Waals surface area contributed by atoms with Crippen molar-refractivity contribution in [3.8, 4) is 0 Å². The topological polar surface area (TPSA) is 130 Å². The van der Waals surface area contributed by atoms with Gasteiger partial charge in [-0.15, -0.1) is 0 Å². The first-order valence-electron chi connectivity index (χ1n) is 13.6. The van der Waals surface area contributed by atoms with Crippen LogP contribution >= 0.6 is 0 Å². The monoisotopic (exact) mass is 578 g/mol. The van der Waals surface area contributed by atoms with Gasteiger partial charge >= 0.3 is 88.7 Å². The van der Waals surface area contributed by atoms with Crippen LogP contribution in [0.15, 0.2) is 0 Å². The van der Waals surface area contributed by atoms with E-state index in [9.17, 15) is 0 Å². The molecule has 0 saturated heterocycles. The van der Waals surface area contributed by atoms with Crippen molar-refractivity contribution in [2.24, 2.45) is 0 Å². The van der Waals surface area contributed by atoms with Gasteiger partial charge in [-0.05, 0) is 12.8 Å². The van der Waals surface area contributed by atoms with Crippen LogP contribution in [0.4, 0.5) is 0 Å². The first-order chi connectivity index (χ1) is 16.3. The smallest absolute Gasteiger partial charge is 0.849 e. The van der Waals surface area contributed by atoms with Crippen molar-refractivity contribution < 1.29 is 121 Å². The molecule has 0 aromatic rings. The summed E-state index contributed by atoms with van der Waals surface area (Å²) in [7, 11) is -5.17. The molecule has 0 fully saturated rings. The van der Waals surface area contributed by atoms with Gasteiger partial charge in [0.15, 0.2) is 0 Å². The fourth-order valence-electron chi connectivity index (χ4n) is 3.49. The van der Waals surface area contributed by atoms with Gasteiger partial charge in [0.1, 0.15) is 6.29 Å². The molecule has 0 spiro atoms. The Morgan fingerprint density at radius 3 is 0.919 bits per heavy atom. The summed E-state index contributed by atoms with van der Waals surface area (Å²) >= 11 is 0. The number of hydrogen-bond donors (Lipinski definition) is 0. The Morgan fingerprint density at radius 1 is 0.541 bits per heavy atom. The van der Waals surface area contributed by atoms with Crippen LogP contribution in [0.3, 0.4) is 0 Å². The van der Waals surface area contributed by atoms with E-state index in [-0.39, 0.29) is 88.7 Å². The minimum atomic E-state index is -5.17. The van der Waals surface area contributed by atoms with E-state index in [0.717, 1.165) is 13.2 Å². The minimum Gasteiger partial charge on any atom is -0.849 e. The summed E-state index contributed by atoms with van der Waals surface area (Å²) < 4.78 is 39.9. The summed E-state index contributed by atoms with van der Waals surface area (Å²) in [6.07, 6.45) is 28.5. The molecule has 0 amide bonds. The molecule has 0 atom stereocenters. The quantitative estimate of drug-likeness (QED) is 0.0417. The molecule has 11 heteroatoms. The first kappa shape index (κ1) is 52.1. The Kier molecular flexibility index (Phi) is 67.9. The molecule has 7 nitrogen and oxygen atoms in total. The normalized spacial score (nSPS) is 9.86. The van der Waals surface area contributed by atoms with Gasteiger partial charge in [0.05, 0.1) is 0 Å². The molecular formula is C26H53Na3O7S. The Labute approximate surface area is 296 Å². The molecule has 0 rings (SSSR count). The van der Waals surface area contributed by atoms with E-state index in [4.69, 9.17) is 32.2 Å². The summed E-state index contributed by atoms with van der Waals surface area (Å²) in [6, 6.07) is 0. The summed E-state index contributed by atoms with van der Waals surface area (Å²) in [5.74, 6) is 0. The zero-order chi connectivity index (χ0) is 26.2. The number of carbonyl (C=O) groups excluding carboxylic acids is 1. The third-order valence-electron chi connectivity index (χ3n) is 5.35. The van der Waals surface area contributed by atoms with Crippen LogP contribution in [0.5, 0.6) is 0 Å². The molecule has 0 aliphatic heterocycles. The van der Waals surface area contributed by atoms with Gasteiger partial charge in [0, 0.05) is 23.6 Å². The third kappa shape index (κ3) is 78.9. The minimum absolute atomic E-state index is 0. The fourth-order valence-corrected chi connectivity index (χ4v) is 3.49. The molecule has 0 aliphatic carbocycles. The van der Waals surface area contributed by atoms with E-state index in [2.05, 4.69) is 13.8 Å². The molecule has 0 aromatic heterocycles. The molecule has 37 heavy (non-hydrogen) atoms. The summed E-state index contributed by atoms with van der Waals surface area (Å²) in [5.41, 5.74) is 0. The van der Waals surface area contributed by atoms with E-state index in [1.807, 2.05) is 0 Å². The largest absolute Gasteiger partial charge is 1.00 e. The summed E-state index contributed by atoms with van der Waals surface area (Å²) in [5, 5.41) is 8.93. The van der Waals surface area contributed by atoms with Crippen LogP contribution in [-0.4, -0.2) is 43.6 Å². The van der Waals surface area contributed by atoms with Gasteiger partial charge in [-0.2, -0.15) is 0 Å². The molecule has 0 saturated carbocycles. The van der Waals surface area contributed by atoms with Gasteiger partial charge in [0.2, 0.25) is 0 Å². The number of unbranched alkanes of at least 4 members (excludes halogenated alkanes) is 18. The van der Waals surface area contributed by atoms with Crippen LogP contribution < -0.4 is 93.8 Å². The zero-order valence-electron chi connectivity index (χ0n) is 25.1. The molecule has 0 N–H and O–H groups in total. The van der Waals surface area contributed by atoms with E-state index in [1.54, 1.807) is 0 Å². The van der Waals surface area contributed by atoms with E-state index < -0.39 is 17.0 Å². The predicted molar refractivity (Wildman–Crippen MR) is 136 cm³/mol. The van der Waals surface area contributed by atoms with E-state index in [1.165, 1.54) is 128 Å². The summed E-state index contributed by atoms with van der Waals surface area (Å²) in [6.45, 7) is 5.96. The maximum atomic E-state index is 8.93. The van der Waals surface area contributed by atoms with Crippen molar-refractivity contribution >= 4 is 16.7 Å². The van der Waals surface area contributed by atoms with Crippen molar-refractivity contribution in [2.45, 2.75) is 142 Å². The maximum Gasteiger partial charge on any atom is 1.00 e. The Hall–Kier alpha value is 2.46. The van der Waals surface area contributed by atoms with Gasteiger partial charge in [-0.3, -0.25) is 8.42 Å². The van der Waals surface area contributed by atoms with E-state index in [0.29, 0.717) is 6.29 Å². The van der Waals surface area contributed by atoms with Gasteiger partial charge < -0.3 is 23.7 Å². The molecule has 0 unspecified atom stereocenters. The van der Waals surface area contributed by atoms with Crippen LogP contribution in [0.2, 0.25) is 0 Å². The van der Waals surface area contributed by atoms with E-state index >= 15 is 0 Å². The SMILES string of the molecule is CCCCCCCCCCCCOCCCCCCCCCCCC.O=CC[O-].O=S(=O)([O-])[O-].[Na+].[Na+].[Na+]. The van der Waals surface area contributed by atoms with Gasteiger partial charge in [0.25, 0.3) is 0 Å². The maximum absolute atomic E-state index is 8.93. The second kappa shape index (κ2) is 48.2. The number of carbonyl (C=O) groups is 1. The summed E-state index contributed by atoms with van der Waals surface area (Å²) in [4.78, 5) is 8.86. The second-order valence-electron chi connectivity index (χ2n) is 8.72. The zero-order valence-corrected chi connectivity index (χ0v) is 31.9. The average molecular weight is 579 g/mol. The van der Waals surface area contributed by atoms with Crippen LogP contribution in [0.25, 0.3) is 0 Å². The van der Waals surface area contributed by atoms with Crippen molar-refractivity contribution in [3.05, 3.63) is 0 Å². The fraction of sp³-hybridized carbons (Fsp3) is 0.962. The number of ether oxygens (including phenoxy) is 1. The molecule has 0 bridgehead atoms. The molecule has 0 aromatic carbocycles. The van der Waals surface area contributed by atoms with Crippen molar-refractivity contribution in [1.82, 2.24) is 0 Å². The third-order valence-corrected chi connectivity index (χ3v) is 5.35. The number of hydrogen-bond acceptors (Lipinski definition) is 7. The Bertz CT molecular complexity index is 441. The number of rotatable bonds is 23. The van der Waals surface area contributed by atoms with Crippen molar-refractivity contribution in [3.63, 3.8) is 0 Å². The Morgan fingerprint density at radius 2 is 0.730 bits per heavy atom. The number of aldehydes is 1. The van der Waals surface area contributed by atoms with Gasteiger partial charge in [-0.25, -0.2) is 0 Å². The predicted octanol–water partition coefficient (Wildman–Crippen LogP) is -2.94. The standard InChI is InChI=1S/C24H50O.C2H3O2.3Na.H2O4S/c1-3-5-7-9-11-13-15-17-19-21-23-25-24-22-20-18-16-14-12-10-8-6-4-2;3-1-2-4;;;;1-5(2,3)4/h3-24H2,1-2H3;1H,2H2;;;;(H2,1,2,3,4)/q;-1;3*+1;/p-2. The van der Waals surface area contributed by atoms with Crippen LogP contribution in [-0.2, 0) is 19.9 Å². The van der Waals surface area contributed by atoms with Crippen molar-refractivity contribution in [1.29, 1.82) is 0 Å². The molecule has 208 valence electrons. The first-order valence-corrected chi connectivity index (χ1v) is 14.9. The van der Waals surface area contributed by atoms with Gasteiger partial charge in [-0.1, -0.05) is 136 Å². The van der Waals surface area contributed by atoms with Crippen LogP contribution in [0, 0.1) is 0 Å². The van der Waals surface area contributed by atoms with Crippen LogP contribution in [0.1, 0.15) is 142 Å². The average Bonchev–Trinajstić information content (AvgIpc) is 2.79. The second-order valence-corrected chi connectivity index (χ2v) is 9.53. The van der Waals surface area contributed by atoms with Crippen molar-refractivity contribution in [2.75, 3.05) is 19.8 Å². The molecule has 0 heterocycles. The Balaban J connectivity index is -0.000000172. The molecule has 0 aliphatic rings. The molecule has 0 radical (unpaired) electrons.